The Morgan fingerprint density at radius 1 is 0.960 bits per heavy atom. The van der Waals surface area contributed by atoms with Crippen molar-refractivity contribution in [3.63, 3.8) is 0 Å². The maximum atomic E-state index is 11.9. The summed E-state index contributed by atoms with van der Waals surface area (Å²) in [5.41, 5.74) is 0.870. The number of benzene rings is 1. The Morgan fingerprint density at radius 3 is 2.12 bits per heavy atom. The fourth-order valence-corrected chi connectivity index (χ4v) is 2.22. The molecular formula is C20H34N4O. The second kappa shape index (κ2) is 9.44. The minimum Gasteiger partial charge on any atom is -0.357 e. The number of hydrogen-bond donors (Lipinski definition) is 3. The van der Waals surface area contributed by atoms with Gasteiger partial charge >= 0.3 is 0 Å². The molecule has 0 aliphatic rings. The van der Waals surface area contributed by atoms with Gasteiger partial charge in [0.05, 0.1) is 6.54 Å². The lowest BCUT2D eigenvalue weighted by Crippen LogP contribution is -2.44. The van der Waals surface area contributed by atoms with Crippen LogP contribution in [0.15, 0.2) is 35.3 Å². The van der Waals surface area contributed by atoms with Gasteiger partial charge in [-0.2, -0.15) is 0 Å². The number of nitrogens with zero attached hydrogens (tertiary/aromatic N) is 1. The summed E-state index contributed by atoms with van der Waals surface area (Å²) in [5.74, 6) is 0.831. The highest BCUT2D eigenvalue weighted by atomic mass is 16.2. The molecule has 1 rings (SSSR count). The van der Waals surface area contributed by atoms with E-state index in [4.69, 9.17) is 4.99 Å². The standard InChI is InChI=1S/C20H34N4O/c1-7-21-18(23-14-13-22-17(25)19(2,3)4)24-15-20(5,6)16-11-9-8-10-12-16/h8-12H,7,13-15H2,1-6H3,(H,22,25)(H2,21,23,24). The Balaban J connectivity index is 2.55. The zero-order chi connectivity index (χ0) is 18.9. The zero-order valence-electron chi connectivity index (χ0n) is 16.6. The number of guanidine groups is 1. The number of aliphatic imine (C=N–C) groups is 1. The van der Waals surface area contributed by atoms with Crippen molar-refractivity contribution in [1.82, 2.24) is 16.0 Å². The molecule has 0 unspecified atom stereocenters. The lowest BCUT2D eigenvalue weighted by molar-refractivity contribution is -0.128. The molecule has 0 heterocycles. The fraction of sp³-hybridized carbons (Fsp3) is 0.600. The van der Waals surface area contributed by atoms with Gasteiger partial charge in [-0.1, -0.05) is 65.0 Å². The van der Waals surface area contributed by atoms with Crippen molar-refractivity contribution in [3.05, 3.63) is 35.9 Å². The number of carbonyl (C=O) groups is 1. The number of amides is 1. The average Bonchev–Trinajstić information content (AvgIpc) is 2.56. The quantitative estimate of drug-likeness (QED) is 0.404. The molecule has 140 valence electrons. The van der Waals surface area contributed by atoms with Crippen molar-refractivity contribution < 1.29 is 4.79 Å². The Kier molecular flexibility index (Phi) is 7.94. The molecule has 0 fully saturated rings. The van der Waals surface area contributed by atoms with Gasteiger partial charge in [0.25, 0.3) is 0 Å². The molecule has 1 amide bonds. The number of nitrogens with one attached hydrogen (secondary N) is 3. The summed E-state index contributed by atoms with van der Waals surface area (Å²) in [5, 5.41) is 9.46. The first-order valence-electron chi connectivity index (χ1n) is 9.03. The normalized spacial score (nSPS) is 12.6. The minimum atomic E-state index is -0.363. The summed E-state index contributed by atoms with van der Waals surface area (Å²) in [6.45, 7) is 14.8. The summed E-state index contributed by atoms with van der Waals surface area (Å²) in [4.78, 5) is 16.6. The first kappa shape index (κ1) is 21.0. The second-order valence-electron chi connectivity index (χ2n) is 7.88. The summed E-state index contributed by atoms with van der Waals surface area (Å²) < 4.78 is 0. The van der Waals surface area contributed by atoms with E-state index < -0.39 is 0 Å². The summed E-state index contributed by atoms with van der Waals surface area (Å²) in [6.07, 6.45) is 0. The lowest BCUT2D eigenvalue weighted by atomic mass is 9.85. The van der Waals surface area contributed by atoms with E-state index in [0.29, 0.717) is 19.6 Å². The maximum Gasteiger partial charge on any atom is 0.225 e. The van der Waals surface area contributed by atoms with Gasteiger partial charge in [-0.3, -0.25) is 9.79 Å². The van der Waals surface area contributed by atoms with Gasteiger partial charge in [0.2, 0.25) is 5.91 Å². The Labute approximate surface area is 152 Å². The third-order valence-corrected chi connectivity index (χ3v) is 3.92. The van der Waals surface area contributed by atoms with Crippen molar-refractivity contribution in [2.24, 2.45) is 10.4 Å². The number of hydrogen-bond acceptors (Lipinski definition) is 2. The molecule has 0 saturated carbocycles. The Bertz CT molecular complexity index is 559. The molecule has 3 N–H and O–H groups in total. The van der Waals surface area contributed by atoms with Crippen LogP contribution in [0.3, 0.4) is 0 Å². The van der Waals surface area contributed by atoms with Gasteiger partial charge in [0.1, 0.15) is 0 Å². The van der Waals surface area contributed by atoms with Crippen LogP contribution in [0, 0.1) is 5.41 Å². The van der Waals surface area contributed by atoms with Gasteiger partial charge in [0, 0.05) is 30.5 Å². The second-order valence-corrected chi connectivity index (χ2v) is 7.88. The maximum absolute atomic E-state index is 11.9. The van der Waals surface area contributed by atoms with Crippen molar-refractivity contribution in [2.45, 2.75) is 47.0 Å². The van der Waals surface area contributed by atoms with Crippen LogP contribution in [0.5, 0.6) is 0 Å². The molecule has 1 aromatic carbocycles. The molecule has 5 heteroatoms. The van der Waals surface area contributed by atoms with Gasteiger partial charge in [-0.25, -0.2) is 0 Å². The number of carbonyl (C=O) groups excluding carboxylic acids is 1. The molecule has 25 heavy (non-hydrogen) atoms. The highest BCUT2D eigenvalue weighted by Crippen LogP contribution is 2.22. The highest BCUT2D eigenvalue weighted by molar-refractivity contribution is 5.81. The Morgan fingerprint density at radius 2 is 1.56 bits per heavy atom. The molecule has 0 aromatic heterocycles. The van der Waals surface area contributed by atoms with E-state index in [1.807, 2.05) is 33.8 Å². The van der Waals surface area contributed by atoms with Gasteiger partial charge < -0.3 is 16.0 Å². The molecule has 0 aliphatic heterocycles. The average molecular weight is 347 g/mol. The van der Waals surface area contributed by atoms with Gasteiger partial charge in [-0.15, -0.1) is 0 Å². The largest absolute Gasteiger partial charge is 0.357 e. The van der Waals surface area contributed by atoms with E-state index in [0.717, 1.165) is 12.5 Å². The molecule has 0 radical (unpaired) electrons. The van der Waals surface area contributed by atoms with E-state index in [9.17, 15) is 4.79 Å². The van der Waals surface area contributed by atoms with Gasteiger partial charge in [0.15, 0.2) is 5.96 Å². The molecule has 1 aromatic rings. The number of rotatable bonds is 7. The highest BCUT2D eigenvalue weighted by Gasteiger charge is 2.21. The fourth-order valence-electron chi connectivity index (χ4n) is 2.22. The minimum absolute atomic E-state index is 0.0376. The summed E-state index contributed by atoms with van der Waals surface area (Å²) in [7, 11) is 0. The molecule has 0 aliphatic carbocycles. The topological polar surface area (TPSA) is 65.5 Å². The molecule has 0 bridgehead atoms. The zero-order valence-corrected chi connectivity index (χ0v) is 16.6. The van der Waals surface area contributed by atoms with Crippen LogP contribution in [-0.2, 0) is 10.2 Å². The molecule has 0 spiro atoms. The van der Waals surface area contributed by atoms with Crippen molar-refractivity contribution in [3.8, 4) is 0 Å². The summed E-state index contributed by atoms with van der Waals surface area (Å²) in [6, 6.07) is 10.4. The van der Waals surface area contributed by atoms with E-state index in [1.165, 1.54) is 5.56 Å². The first-order valence-corrected chi connectivity index (χ1v) is 9.03. The third-order valence-electron chi connectivity index (χ3n) is 3.92. The van der Waals surface area contributed by atoms with Gasteiger partial charge in [-0.05, 0) is 12.5 Å². The molecule has 0 saturated heterocycles. The molecular weight excluding hydrogens is 312 g/mol. The molecule has 0 atom stereocenters. The van der Waals surface area contributed by atoms with Crippen LogP contribution in [0.4, 0.5) is 0 Å². The SMILES string of the molecule is CCNC(=NCC(C)(C)c1ccccc1)NCCNC(=O)C(C)(C)C. The van der Waals surface area contributed by atoms with Crippen LogP contribution in [0.2, 0.25) is 0 Å². The van der Waals surface area contributed by atoms with Crippen LogP contribution in [0.1, 0.15) is 47.1 Å². The third kappa shape index (κ3) is 7.59. The molecule has 5 nitrogen and oxygen atoms in total. The lowest BCUT2D eigenvalue weighted by Gasteiger charge is -2.24. The van der Waals surface area contributed by atoms with Crippen molar-refractivity contribution in [1.29, 1.82) is 0 Å². The van der Waals surface area contributed by atoms with E-state index in [1.54, 1.807) is 0 Å². The smallest absolute Gasteiger partial charge is 0.225 e. The van der Waals surface area contributed by atoms with Crippen LogP contribution < -0.4 is 16.0 Å². The predicted molar refractivity (Wildman–Crippen MR) is 106 cm³/mol. The summed E-state index contributed by atoms with van der Waals surface area (Å²) >= 11 is 0. The van der Waals surface area contributed by atoms with Crippen molar-refractivity contribution in [2.75, 3.05) is 26.2 Å². The monoisotopic (exact) mass is 346 g/mol. The van der Waals surface area contributed by atoms with Crippen LogP contribution in [-0.4, -0.2) is 38.0 Å². The predicted octanol–water partition coefficient (Wildman–Crippen LogP) is 2.68. The van der Waals surface area contributed by atoms with Crippen LogP contribution in [0.25, 0.3) is 0 Å². The Hall–Kier alpha value is -2.04. The van der Waals surface area contributed by atoms with E-state index >= 15 is 0 Å². The van der Waals surface area contributed by atoms with Crippen LogP contribution >= 0.6 is 0 Å². The van der Waals surface area contributed by atoms with E-state index in [-0.39, 0.29) is 16.7 Å². The van der Waals surface area contributed by atoms with E-state index in [2.05, 4.69) is 54.1 Å². The van der Waals surface area contributed by atoms with Crippen molar-refractivity contribution >= 4 is 11.9 Å². The first-order chi connectivity index (χ1) is 11.7.